The van der Waals surface area contributed by atoms with Gasteiger partial charge in [0, 0.05) is 0 Å². The van der Waals surface area contributed by atoms with Crippen LogP contribution in [0, 0.1) is 0 Å². The summed E-state index contributed by atoms with van der Waals surface area (Å²) >= 11 is 13.7. The lowest BCUT2D eigenvalue weighted by atomic mass is 10.1. The number of fused-ring (bicyclic) bond motifs is 1. The zero-order chi connectivity index (χ0) is 19.6. The maximum absolute atomic E-state index is 12.9. The predicted molar refractivity (Wildman–Crippen MR) is 109 cm³/mol. The zero-order valence-electron chi connectivity index (χ0n) is 14.4. The summed E-state index contributed by atoms with van der Waals surface area (Å²) in [5.41, 5.74) is 0.954. The molecule has 3 rings (SSSR count). The second-order valence-electron chi connectivity index (χ2n) is 5.91. The van der Waals surface area contributed by atoms with Crippen molar-refractivity contribution in [1.82, 2.24) is 4.90 Å². The van der Waals surface area contributed by atoms with Gasteiger partial charge in [0.1, 0.15) is 6.04 Å². The first-order valence-corrected chi connectivity index (χ1v) is 10.3. The number of nitrogens with one attached hydrogen (secondary N) is 1. The number of anilines is 1. The number of thioether (sulfide) groups is 1. The maximum atomic E-state index is 12.9. The molecule has 1 atom stereocenters. The van der Waals surface area contributed by atoms with Crippen molar-refractivity contribution < 1.29 is 14.4 Å². The Bertz CT molecular complexity index is 885. The molecule has 0 saturated carbocycles. The van der Waals surface area contributed by atoms with E-state index in [0.29, 0.717) is 34.0 Å². The van der Waals surface area contributed by atoms with Crippen molar-refractivity contribution in [3.63, 3.8) is 0 Å². The number of carbonyl (C=O) groups excluding carboxylic acids is 3. The number of nitrogens with zero attached hydrogens (tertiary/aromatic N) is 1. The Labute approximate surface area is 171 Å². The highest BCUT2D eigenvalue weighted by Crippen LogP contribution is 2.31. The highest BCUT2D eigenvalue weighted by Gasteiger charge is 2.42. The molecule has 0 fully saturated rings. The van der Waals surface area contributed by atoms with Gasteiger partial charge in [-0.1, -0.05) is 41.4 Å². The molecule has 0 saturated heterocycles. The third-order valence-electron chi connectivity index (χ3n) is 4.24. The van der Waals surface area contributed by atoms with Crippen molar-refractivity contribution in [3.05, 3.63) is 63.6 Å². The molecule has 0 unspecified atom stereocenters. The van der Waals surface area contributed by atoms with Gasteiger partial charge in [0.2, 0.25) is 5.91 Å². The van der Waals surface area contributed by atoms with E-state index in [1.807, 2.05) is 6.26 Å². The molecule has 140 valence electrons. The van der Waals surface area contributed by atoms with Crippen LogP contribution in [0.2, 0.25) is 10.0 Å². The van der Waals surface area contributed by atoms with Gasteiger partial charge < -0.3 is 5.32 Å². The molecule has 8 heteroatoms. The number of halogens is 2. The van der Waals surface area contributed by atoms with Crippen molar-refractivity contribution in [1.29, 1.82) is 0 Å². The molecule has 0 bridgehead atoms. The SMILES string of the molecule is CSCC[C@H](C(=O)Nc1cccc(Cl)c1Cl)N1C(=O)c2ccccc2C1=O. The van der Waals surface area contributed by atoms with Gasteiger partial charge in [-0.25, -0.2) is 0 Å². The third-order valence-corrected chi connectivity index (χ3v) is 5.71. The van der Waals surface area contributed by atoms with E-state index in [-0.39, 0.29) is 5.02 Å². The number of rotatable bonds is 6. The standard InChI is InChI=1S/C19H16Cl2N2O3S/c1-27-10-9-15(17(24)22-14-8-4-7-13(20)16(14)21)23-18(25)11-5-2-3-6-12(11)19(23)26/h2-8,15H,9-10H2,1H3,(H,22,24)/t15-/m1/s1. The lowest BCUT2D eigenvalue weighted by molar-refractivity contribution is -0.120. The summed E-state index contributed by atoms with van der Waals surface area (Å²) in [7, 11) is 0. The lowest BCUT2D eigenvalue weighted by Gasteiger charge is -2.25. The molecule has 2 aromatic carbocycles. The highest BCUT2D eigenvalue weighted by atomic mass is 35.5. The van der Waals surface area contributed by atoms with E-state index in [0.717, 1.165) is 4.90 Å². The van der Waals surface area contributed by atoms with Crippen LogP contribution < -0.4 is 5.32 Å². The van der Waals surface area contributed by atoms with Crippen LogP contribution in [0.4, 0.5) is 5.69 Å². The van der Waals surface area contributed by atoms with Gasteiger partial charge in [0.25, 0.3) is 11.8 Å². The Hall–Kier alpha value is -2.02. The molecule has 0 radical (unpaired) electrons. The van der Waals surface area contributed by atoms with Crippen LogP contribution in [0.25, 0.3) is 0 Å². The summed E-state index contributed by atoms with van der Waals surface area (Å²) < 4.78 is 0. The number of imide groups is 1. The normalized spacial score (nSPS) is 14.3. The number of amides is 3. The summed E-state index contributed by atoms with van der Waals surface area (Å²) in [5, 5.41) is 3.20. The van der Waals surface area contributed by atoms with E-state index in [9.17, 15) is 14.4 Å². The average molecular weight is 423 g/mol. The first kappa shape index (κ1) is 19.7. The van der Waals surface area contributed by atoms with E-state index < -0.39 is 23.8 Å². The number of hydrogen-bond acceptors (Lipinski definition) is 4. The lowest BCUT2D eigenvalue weighted by Crippen LogP contribution is -2.47. The second-order valence-corrected chi connectivity index (χ2v) is 7.68. The fourth-order valence-electron chi connectivity index (χ4n) is 2.91. The van der Waals surface area contributed by atoms with Crippen LogP contribution in [-0.4, -0.2) is 40.7 Å². The maximum Gasteiger partial charge on any atom is 0.262 e. The Morgan fingerprint density at radius 3 is 2.30 bits per heavy atom. The summed E-state index contributed by atoms with van der Waals surface area (Å²) in [5.74, 6) is -0.805. The van der Waals surface area contributed by atoms with Crippen molar-refractivity contribution in [2.45, 2.75) is 12.5 Å². The Balaban J connectivity index is 1.90. The Morgan fingerprint density at radius 1 is 1.07 bits per heavy atom. The molecule has 1 N–H and O–H groups in total. The van der Waals surface area contributed by atoms with Crippen LogP contribution in [0.15, 0.2) is 42.5 Å². The fourth-order valence-corrected chi connectivity index (χ4v) is 3.72. The molecular formula is C19H16Cl2N2O3S. The summed E-state index contributed by atoms with van der Waals surface area (Å²) in [6, 6.07) is 10.5. The zero-order valence-corrected chi connectivity index (χ0v) is 16.7. The Morgan fingerprint density at radius 2 is 1.70 bits per heavy atom. The van der Waals surface area contributed by atoms with Gasteiger partial charge in [-0.2, -0.15) is 11.8 Å². The van der Waals surface area contributed by atoms with E-state index in [2.05, 4.69) is 5.32 Å². The highest BCUT2D eigenvalue weighted by molar-refractivity contribution is 7.98. The minimum Gasteiger partial charge on any atom is -0.323 e. The monoisotopic (exact) mass is 422 g/mol. The molecule has 1 aliphatic rings. The van der Waals surface area contributed by atoms with Crippen molar-refractivity contribution in [2.24, 2.45) is 0 Å². The summed E-state index contributed by atoms with van der Waals surface area (Å²) in [6.07, 6.45) is 2.22. The van der Waals surface area contributed by atoms with Gasteiger partial charge in [-0.15, -0.1) is 0 Å². The smallest absolute Gasteiger partial charge is 0.262 e. The summed E-state index contributed by atoms with van der Waals surface area (Å²) in [6.45, 7) is 0. The second kappa shape index (κ2) is 8.33. The van der Waals surface area contributed by atoms with Crippen molar-refractivity contribution in [3.8, 4) is 0 Å². The van der Waals surface area contributed by atoms with Crippen LogP contribution >= 0.6 is 35.0 Å². The quantitative estimate of drug-likeness (QED) is 0.702. The first-order valence-electron chi connectivity index (χ1n) is 8.16. The minimum absolute atomic E-state index is 0.207. The van der Waals surface area contributed by atoms with Crippen LogP contribution in [0.3, 0.4) is 0 Å². The molecule has 0 aromatic heterocycles. The van der Waals surface area contributed by atoms with Gasteiger partial charge >= 0.3 is 0 Å². The molecule has 0 aliphatic carbocycles. The average Bonchev–Trinajstić information content (AvgIpc) is 2.91. The van der Waals surface area contributed by atoms with Crippen molar-refractivity contribution >= 4 is 58.4 Å². The van der Waals surface area contributed by atoms with E-state index in [1.165, 1.54) is 11.8 Å². The molecule has 2 aromatic rings. The van der Waals surface area contributed by atoms with Gasteiger partial charge in [-0.3, -0.25) is 19.3 Å². The fraction of sp³-hybridized carbons (Fsp3) is 0.211. The third kappa shape index (κ3) is 3.83. The molecule has 1 heterocycles. The van der Waals surface area contributed by atoms with Gasteiger partial charge in [-0.05, 0) is 42.7 Å². The van der Waals surface area contributed by atoms with E-state index in [4.69, 9.17) is 23.2 Å². The van der Waals surface area contributed by atoms with Crippen LogP contribution in [0.1, 0.15) is 27.1 Å². The molecule has 3 amide bonds. The first-order chi connectivity index (χ1) is 13.0. The van der Waals surface area contributed by atoms with Crippen LogP contribution in [-0.2, 0) is 4.79 Å². The van der Waals surface area contributed by atoms with E-state index in [1.54, 1.807) is 42.5 Å². The Kier molecular flexibility index (Phi) is 6.09. The molecule has 0 spiro atoms. The molecular weight excluding hydrogens is 407 g/mol. The molecule has 27 heavy (non-hydrogen) atoms. The summed E-state index contributed by atoms with van der Waals surface area (Å²) in [4.78, 5) is 39.5. The number of hydrogen-bond donors (Lipinski definition) is 1. The van der Waals surface area contributed by atoms with E-state index >= 15 is 0 Å². The number of benzene rings is 2. The van der Waals surface area contributed by atoms with Crippen LogP contribution in [0.5, 0.6) is 0 Å². The molecule has 1 aliphatic heterocycles. The predicted octanol–water partition coefficient (Wildman–Crippen LogP) is 4.35. The minimum atomic E-state index is -0.945. The van der Waals surface area contributed by atoms with Gasteiger partial charge in [0.05, 0.1) is 26.9 Å². The van der Waals surface area contributed by atoms with Crippen molar-refractivity contribution in [2.75, 3.05) is 17.3 Å². The largest absolute Gasteiger partial charge is 0.323 e. The number of carbonyl (C=O) groups is 3. The van der Waals surface area contributed by atoms with Gasteiger partial charge in [0.15, 0.2) is 0 Å². The molecule has 5 nitrogen and oxygen atoms in total. The topological polar surface area (TPSA) is 66.5 Å².